The Kier molecular flexibility index (Phi) is 3.35. The van der Waals surface area contributed by atoms with Crippen molar-refractivity contribution in [2.24, 2.45) is 0 Å². The third kappa shape index (κ3) is 3.46. The van der Waals surface area contributed by atoms with Gasteiger partial charge in [0.15, 0.2) is 0 Å². The van der Waals surface area contributed by atoms with Crippen molar-refractivity contribution >= 4 is 0 Å². The van der Waals surface area contributed by atoms with E-state index >= 15 is 0 Å². The highest BCUT2D eigenvalue weighted by molar-refractivity contribution is 4.85. The minimum absolute atomic E-state index is 0.300. The average Bonchev–Trinajstić information content (AvgIpc) is 1.87. The number of allylic oxidation sites excluding steroid dienone is 2. The molecule has 0 aromatic carbocycles. The smallest absolute Gasteiger partial charge is 0.280 e. The van der Waals surface area contributed by atoms with Gasteiger partial charge in [-0.25, -0.2) is 0 Å². The predicted molar refractivity (Wildman–Crippen MR) is 33.9 cm³/mol. The van der Waals surface area contributed by atoms with E-state index in [9.17, 15) is 0 Å². The second kappa shape index (κ2) is 3.83. The maximum absolute atomic E-state index is 8.60. The lowest BCUT2D eigenvalue weighted by molar-refractivity contribution is 0.0674. The van der Waals surface area contributed by atoms with Crippen molar-refractivity contribution in [3.05, 3.63) is 24.0 Å². The molecule has 0 bridgehead atoms. The van der Waals surface area contributed by atoms with E-state index in [0.29, 0.717) is 0 Å². The molecule has 0 heterocycles. The zero-order valence-corrected chi connectivity index (χ0v) is 5.46. The molecule has 0 spiro atoms. The van der Waals surface area contributed by atoms with E-state index in [-0.39, 0.29) is 11.9 Å². The summed E-state index contributed by atoms with van der Waals surface area (Å²) in [4.78, 5) is 0. The molecule has 0 aromatic rings. The van der Waals surface area contributed by atoms with Crippen LogP contribution in [0, 0.1) is 0 Å². The normalized spacial score (nSPS) is 13.6. The summed E-state index contributed by atoms with van der Waals surface area (Å²) in [6.07, 6.45) is 2.67. The summed E-state index contributed by atoms with van der Waals surface area (Å²) in [7, 11) is 0. The van der Waals surface area contributed by atoms with Gasteiger partial charge in [0.25, 0.3) is 11.9 Å². The van der Waals surface area contributed by atoms with Gasteiger partial charge in [0.05, 0.1) is 0 Å². The second-order valence-electron chi connectivity index (χ2n) is 1.36. The maximum atomic E-state index is 8.60. The van der Waals surface area contributed by atoms with E-state index in [2.05, 4.69) is 4.74 Å². The van der Waals surface area contributed by atoms with Crippen molar-refractivity contribution in [3.8, 4) is 0 Å². The Morgan fingerprint density at radius 2 is 1.44 bits per heavy atom. The Morgan fingerprint density at radius 3 is 1.67 bits per heavy atom. The highest BCUT2D eigenvalue weighted by Gasteiger charge is 1.92. The van der Waals surface area contributed by atoms with Crippen LogP contribution >= 0.6 is 0 Å². The predicted octanol–water partition coefficient (Wildman–Crippen LogP) is 1.84. The first-order chi connectivity index (χ1) is 4.20. The molecule has 2 N–H and O–H groups in total. The summed E-state index contributed by atoms with van der Waals surface area (Å²) < 4.78 is 4.38. The molecule has 0 atom stereocenters. The number of aliphatic hydroxyl groups excluding tert-OH is 2. The van der Waals surface area contributed by atoms with Crippen LogP contribution in [0.15, 0.2) is 24.0 Å². The van der Waals surface area contributed by atoms with E-state index < -0.39 is 0 Å². The Bertz CT molecular complexity index is 119. The Morgan fingerprint density at radius 1 is 1.11 bits per heavy atom. The van der Waals surface area contributed by atoms with Gasteiger partial charge in [0.2, 0.25) is 0 Å². The van der Waals surface area contributed by atoms with Gasteiger partial charge in [-0.05, 0) is 26.0 Å². The number of ether oxygens (including phenoxy) is 1. The summed E-state index contributed by atoms with van der Waals surface area (Å²) >= 11 is 0. The van der Waals surface area contributed by atoms with Crippen LogP contribution < -0.4 is 0 Å². The topological polar surface area (TPSA) is 49.7 Å². The first-order valence-electron chi connectivity index (χ1n) is 2.59. The molecule has 9 heavy (non-hydrogen) atoms. The summed E-state index contributed by atoms with van der Waals surface area (Å²) in [5.41, 5.74) is 0. The molecular formula is C6H10O3. The largest absolute Gasteiger partial charge is 0.481 e. The molecule has 0 fully saturated rings. The van der Waals surface area contributed by atoms with Crippen LogP contribution in [0.2, 0.25) is 0 Å². The van der Waals surface area contributed by atoms with E-state index in [4.69, 9.17) is 10.2 Å². The molecular weight excluding hydrogens is 120 g/mol. The lowest BCUT2D eigenvalue weighted by Gasteiger charge is -1.98. The summed E-state index contributed by atoms with van der Waals surface area (Å²) in [6.45, 7) is 3.19. The van der Waals surface area contributed by atoms with Crippen LogP contribution in [0.4, 0.5) is 0 Å². The van der Waals surface area contributed by atoms with Crippen molar-refractivity contribution in [2.75, 3.05) is 0 Å². The molecule has 0 aliphatic heterocycles. The lowest BCUT2D eigenvalue weighted by Crippen LogP contribution is -1.89. The SMILES string of the molecule is CC=C(O)OC(O)=CC. The van der Waals surface area contributed by atoms with Crippen molar-refractivity contribution < 1.29 is 14.9 Å². The summed E-state index contributed by atoms with van der Waals surface area (Å²) in [5, 5.41) is 17.2. The number of hydrogen-bond donors (Lipinski definition) is 2. The lowest BCUT2D eigenvalue weighted by atomic mass is 10.7. The molecule has 0 radical (unpaired) electrons. The van der Waals surface area contributed by atoms with Gasteiger partial charge in [-0.1, -0.05) is 0 Å². The van der Waals surface area contributed by atoms with Gasteiger partial charge in [-0.3, -0.25) is 0 Å². The molecule has 0 amide bonds. The molecule has 3 nitrogen and oxygen atoms in total. The second-order valence-corrected chi connectivity index (χ2v) is 1.36. The van der Waals surface area contributed by atoms with Crippen LogP contribution in [0.25, 0.3) is 0 Å². The van der Waals surface area contributed by atoms with Gasteiger partial charge in [0.1, 0.15) is 0 Å². The van der Waals surface area contributed by atoms with E-state index in [1.807, 2.05) is 0 Å². The van der Waals surface area contributed by atoms with Crippen LogP contribution in [-0.4, -0.2) is 10.2 Å². The van der Waals surface area contributed by atoms with Gasteiger partial charge in [-0.2, -0.15) is 0 Å². The van der Waals surface area contributed by atoms with Crippen LogP contribution in [-0.2, 0) is 4.74 Å². The Balaban J connectivity index is 3.75. The van der Waals surface area contributed by atoms with Gasteiger partial charge in [0, 0.05) is 0 Å². The number of hydrogen-bond acceptors (Lipinski definition) is 3. The molecule has 0 rings (SSSR count). The number of aliphatic hydroxyl groups is 2. The quantitative estimate of drug-likeness (QED) is 0.561. The molecule has 0 saturated heterocycles. The third-order valence-corrected chi connectivity index (χ3v) is 0.703. The minimum atomic E-state index is -0.300. The summed E-state index contributed by atoms with van der Waals surface area (Å²) in [6, 6.07) is 0. The fourth-order valence-electron chi connectivity index (χ4n) is 0.225. The van der Waals surface area contributed by atoms with Gasteiger partial charge < -0.3 is 14.9 Å². The first kappa shape index (κ1) is 7.88. The maximum Gasteiger partial charge on any atom is 0.280 e. The van der Waals surface area contributed by atoms with Crippen molar-refractivity contribution in [1.82, 2.24) is 0 Å². The fourth-order valence-corrected chi connectivity index (χ4v) is 0.225. The molecule has 0 aliphatic rings. The molecule has 3 heteroatoms. The molecule has 0 saturated carbocycles. The molecule has 52 valence electrons. The first-order valence-corrected chi connectivity index (χ1v) is 2.59. The van der Waals surface area contributed by atoms with E-state index in [1.165, 1.54) is 12.2 Å². The fraction of sp³-hybridized carbons (Fsp3) is 0.333. The van der Waals surface area contributed by atoms with Gasteiger partial charge >= 0.3 is 0 Å². The molecule has 0 aromatic heterocycles. The van der Waals surface area contributed by atoms with Crippen LogP contribution in [0.3, 0.4) is 0 Å². The van der Waals surface area contributed by atoms with E-state index in [1.54, 1.807) is 13.8 Å². The van der Waals surface area contributed by atoms with Crippen molar-refractivity contribution in [3.63, 3.8) is 0 Å². The minimum Gasteiger partial charge on any atom is -0.481 e. The van der Waals surface area contributed by atoms with Gasteiger partial charge in [-0.15, -0.1) is 0 Å². The molecule has 0 aliphatic carbocycles. The van der Waals surface area contributed by atoms with E-state index in [0.717, 1.165) is 0 Å². The third-order valence-electron chi connectivity index (χ3n) is 0.703. The molecule has 0 unspecified atom stereocenters. The highest BCUT2D eigenvalue weighted by Crippen LogP contribution is 1.98. The zero-order chi connectivity index (χ0) is 7.28. The Hall–Kier alpha value is -1.12. The van der Waals surface area contributed by atoms with Crippen LogP contribution in [0.1, 0.15) is 13.8 Å². The van der Waals surface area contributed by atoms with Crippen molar-refractivity contribution in [2.45, 2.75) is 13.8 Å². The highest BCUT2D eigenvalue weighted by atomic mass is 16.7. The average molecular weight is 130 g/mol. The van der Waals surface area contributed by atoms with Crippen molar-refractivity contribution in [1.29, 1.82) is 0 Å². The monoisotopic (exact) mass is 130 g/mol. The standard InChI is InChI=1S/C6H10O3/c1-3-5(7)9-6(8)4-2/h3-4,7-8H,1-2H3. The van der Waals surface area contributed by atoms with Crippen LogP contribution in [0.5, 0.6) is 0 Å². The zero-order valence-electron chi connectivity index (χ0n) is 5.46. The summed E-state index contributed by atoms with van der Waals surface area (Å²) in [5.74, 6) is -0.601. The number of rotatable bonds is 2. The Labute approximate surface area is 53.9 Å².